The molecule has 0 N–H and O–H groups in total. The summed E-state index contributed by atoms with van der Waals surface area (Å²) in [4.78, 5) is 8.23. The molecule has 0 amide bonds. The maximum atomic E-state index is 12.7. The van der Waals surface area contributed by atoms with Crippen LogP contribution in [0.4, 0.5) is 0 Å². The predicted molar refractivity (Wildman–Crippen MR) is 72.3 cm³/mol. The van der Waals surface area contributed by atoms with Crippen molar-refractivity contribution in [3.8, 4) is 0 Å². The lowest BCUT2D eigenvalue weighted by Crippen LogP contribution is -2.25. The van der Waals surface area contributed by atoms with E-state index in [-0.39, 0.29) is 11.8 Å². The fourth-order valence-electron chi connectivity index (χ4n) is 1.90. The van der Waals surface area contributed by atoms with Crippen LogP contribution in [0.2, 0.25) is 0 Å². The number of rotatable bonds is 4. The van der Waals surface area contributed by atoms with E-state index in [4.69, 9.17) is 0 Å². The molecule has 0 bridgehead atoms. The summed E-state index contributed by atoms with van der Waals surface area (Å²) in [7, 11) is -3.70. The van der Waals surface area contributed by atoms with Crippen LogP contribution in [0.1, 0.15) is 51.2 Å². The molecule has 2 aromatic rings. The first-order valence-corrected chi connectivity index (χ1v) is 7.58. The van der Waals surface area contributed by atoms with Crippen LogP contribution in [0, 0.1) is 0 Å². The van der Waals surface area contributed by atoms with Gasteiger partial charge in [-0.3, -0.25) is 0 Å². The van der Waals surface area contributed by atoms with Crippen LogP contribution < -0.4 is 0 Å². The van der Waals surface area contributed by atoms with E-state index in [9.17, 15) is 8.42 Å². The van der Waals surface area contributed by atoms with Crippen LogP contribution in [0.5, 0.6) is 0 Å². The average molecular weight is 282 g/mol. The van der Waals surface area contributed by atoms with Gasteiger partial charge >= 0.3 is 10.2 Å². The highest BCUT2D eigenvalue weighted by molar-refractivity contribution is 7.88. The Kier molecular flexibility index (Phi) is 3.49. The Hall–Kier alpha value is -1.63. The van der Waals surface area contributed by atoms with Crippen molar-refractivity contribution in [2.45, 2.75) is 39.5 Å². The molecule has 0 unspecified atom stereocenters. The average Bonchev–Trinajstić information content (AvgIpc) is 2.98. The first-order chi connectivity index (χ1) is 8.85. The Morgan fingerprint density at radius 3 is 1.58 bits per heavy atom. The van der Waals surface area contributed by atoms with E-state index < -0.39 is 10.2 Å². The first kappa shape index (κ1) is 13.8. The Morgan fingerprint density at radius 1 is 0.895 bits per heavy atom. The van der Waals surface area contributed by atoms with Crippen LogP contribution >= 0.6 is 0 Å². The van der Waals surface area contributed by atoms with Gasteiger partial charge in [-0.1, -0.05) is 27.7 Å². The standard InChI is InChI=1S/C12H18N4O2S/c1-9(2)11-13-5-7-15(11)19(17,18)16-8-6-14-12(16)10(3)4/h5-10H,1-4H3. The first-order valence-electron chi connectivity index (χ1n) is 6.18. The molecule has 104 valence electrons. The summed E-state index contributed by atoms with van der Waals surface area (Å²) in [6.07, 6.45) is 5.93. The molecule has 0 saturated carbocycles. The van der Waals surface area contributed by atoms with E-state index in [0.29, 0.717) is 11.6 Å². The fraction of sp³-hybridized carbons (Fsp3) is 0.500. The number of hydrogen-bond donors (Lipinski definition) is 0. The molecule has 7 heteroatoms. The summed E-state index contributed by atoms with van der Waals surface area (Å²) in [6.45, 7) is 7.63. The second kappa shape index (κ2) is 4.80. The minimum atomic E-state index is -3.70. The van der Waals surface area contributed by atoms with Crippen LogP contribution in [-0.2, 0) is 10.2 Å². The second-order valence-electron chi connectivity index (χ2n) is 4.98. The topological polar surface area (TPSA) is 69.8 Å². The van der Waals surface area contributed by atoms with Gasteiger partial charge in [-0.15, -0.1) is 0 Å². The molecule has 0 fully saturated rings. The van der Waals surface area contributed by atoms with E-state index in [1.165, 1.54) is 32.7 Å². The number of imidazole rings is 2. The molecule has 0 aromatic carbocycles. The van der Waals surface area contributed by atoms with Gasteiger partial charge in [0.05, 0.1) is 0 Å². The molecule has 0 radical (unpaired) electrons. The SMILES string of the molecule is CC(C)c1nccn1S(=O)(=O)n1ccnc1C(C)C. The zero-order valence-electron chi connectivity index (χ0n) is 11.5. The highest BCUT2D eigenvalue weighted by Crippen LogP contribution is 2.19. The number of nitrogens with zero attached hydrogens (tertiary/aromatic N) is 4. The minimum Gasteiger partial charge on any atom is -0.240 e. The minimum absolute atomic E-state index is 0.0239. The van der Waals surface area contributed by atoms with E-state index >= 15 is 0 Å². The van der Waals surface area contributed by atoms with Crippen molar-refractivity contribution >= 4 is 10.2 Å². The van der Waals surface area contributed by atoms with Gasteiger partial charge in [-0.25, -0.2) is 17.9 Å². The number of hydrogen-bond acceptors (Lipinski definition) is 4. The molecule has 0 atom stereocenters. The molecular formula is C12H18N4O2S. The van der Waals surface area contributed by atoms with Gasteiger partial charge < -0.3 is 0 Å². The largest absolute Gasteiger partial charge is 0.336 e. The number of aromatic nitrogens is 4. The summed E-state index contributed by atoms with van der Waals surface area (Å²) >= 11 is 0. The van der Waals surface area contributed by atoms with E-state index in [1.54, 1.807) is 0 Å². The maximum Gasteiger partial charge on any atom is 0.336 e. The lowest BCUT2D eigenvalue weighted by Gasteiger charge is -2.14. The highest BCUT2D eigenvalue weighted by Gasteiger charge is 2.24. The monoisotopic (exact) mass is 282 g/mol. The Bertz CT molecular complexity index is 615. The predicted octanol–water partition coefficient (Wildman–Crippen LogP) is 1.97. The van der Waals surface area contributed by atoms with Crippen molar-refractivity contribution in [2.24, 2.45) is 0 Å². The summed E-state index contributed by atoms with van der Waals surface area (Å²) in [5.41, 5.74) is 0. The highest BCUT2D eigenvalue weighted by atomic mass is 32.2. The van der Waals surface area contributed by atoms with Gasteiger partial charge in [0, 0.05) is 36.6 Å². The van der Waals surface area contributed by atoms with Crippen LogP contribution in [0.15, 0.2) is 24.8 Å². The van der Waals surface area contributed by atoms with Crippen molar-refractivity contribution < 1.29 is 8.42 Å². The summed E-state index contributed by atoms with van der Waals surface area (Å²) in [5.74, 6) is 1.08. The quantitative estimate of drug-likeness (QED) is 0.859. The third kappa shape index (κ3) is 2.30. The Morgan fingerprint density at radius 2 is 1.26 bits per heavy atom. The van der Waals surface area contributed by atoms with Crippen LogP contribution in [0.25, 0.3) is 0 Å². The van der Waals surface area contributed by atoms with Crippen molar-refractivity contribution in [1.82, 2.24) is 17.9 Å². The molecule has 19 heavy (non-hydrogen) atoms. The maximum absolute atomic E-state index is 12.7. The molecule has 0 aliphatic heterocycles. The van der Waals surface area contributed by atoms with Gasteiger partial charge in [-0.2, -0.15) is 8.42 Å². The van der Waals surface area contributed by atoms with Crippen molar-refractivity contribution in [3.05, 3.63) is 36.4 Å². The third-order valence-corrected chi connectivity index (χ3v) is 4.41. The molecule has 0 saturated heterocycles. The molecule has 0 spiro atoms. The summed E-state index contributed by atoms with van der Waals surface area (Å²) < 4.78 is 27.7. The van der Waals surface area contributed by atoms with Gasteiger partial charge in [0.1, 0.15) is 11.6 Å². The zero-order valence-corrected chi connectivity index (χ0v) is 12.3. The van der Waals surface area contributed by atoms with Crippen LogP contribution in [-0.4, -0.2) is 26.3 Å². The van der Waals surface area contributed by atoms with Crippen molar-refractivity contribution in [1.29, 1.82) is 0 Å². The lowest BCUT2D eigenvalue weighted by atomic mass is 10.2. The van der Waals surface area contributed by atoms with E-state index in [1.807, 2.05) is 27.7 Å². The van der Waals surface area contributed by atoms with Crippen LogP contribution in [0.3, 0.4) is 0 Å². The zero-order chi connectivity index (χ0) is 14.2. The van der Waals surface area contributed by atoms with Gasteiger partial charge in [-0.05, 0) is 0 Å². The Balaban J connectivity index is 2.60. The van der Waals surface area contributed by atoms with Crippen molar-refractivity contribution in [2.75, 3.05) is 0 Å². The van der Waals surface area contributed by atoms with Gasteiger partial charge in [0.25, 0.3) is 0 Å². The van der Waals surface area contributed by atoms with Gasteiger partial charge in [0.15, 0.2) is 0 Å². The third-order valence-electron chi connectivity index (χ3n) is 2.80. The molecule has 6 nitrogen and oxygen atoms in total. The van der Waals surface area contributed by atoms with Gasteiger partial charge in [0.2, 0.25) is 0 Å². The molecular weight excluding hydrogens is 264 g/mol. The molecule has 2 rings (SSSR count). The molecule has 2 heterocycles. The summed E-state index contributed by atoms with van der Waals surface area (Å²) in [6, 6.07) is 0. The second-order valence-corrected chi connectivity index (χ2v) is 6.66. The normalized spacial score (nSPS) is 12.5. The van der Waals surface area contributed by atoms with E-state index in [0.717, 1.165) is 0 Å². The summed E-state index contributed by atoms with van der Waals surface area (Å²) in [5, 5.41) is 0. The lowest BCUT2D eigenvalue weighted by molar-refractivity contribution is 0.567. The van der Waals surface area contributed by atoms with Crippen molar-refractivity contribution in [3.63, 3.8) is 0 Å². The molecule has 0 aliphatic carbocycles. The molecule has 2 aromatic heterocycles. The molecule has 0 aliphatic rings. The van der Waals surface area contributed by atoms with E-state index in [2.05, 4.69) is 9.97 Å². The Labute approximate surface area is 113 Å². The smallest absolute Gasteiger partial charge is 0.240 e. The fourth-order valence-corrected chi connectivity index (χ4v) is 3.49.